The van der Waals surface area contributed by atoms with Crippen molar-refractivity contribution in [3.63, 3.8) is 0 Å². The number of hydrogen-bond acceptors (Lipinski definition) is 9. The van der Waals surface area contributed by atoms with E-state index in [1.54, 1.807) is 5.01 Å². The highest BCUT2D eigenvalue weighted by Gasteiger charge is 2.56. The fourth-order valence-electron chi connectivity index (χ4n) is 8.06. The smallest absolute Gasteiger partial charge is 0.320 e. The lowest BCUT2D eigenvalue weighted by Gasteiger charge is -2.59. The number of urea groups is 1. The van der Waals surface area contributed by atoms with Crippen LogP contribution in [0.3, 0.4) is 0 Å². The summed E-state index contributed by atoms with van der Waals surface area (Å²) in [6.07, 6.45) is 2.21. The van der Waals surface area contributed by atoms with Crippen LogP contribution in [0.1, 0.15) is 47.0 Å². The minimum Gasteiger partial charge on any atom is -0.376 e. The Hall–Kier alpha value is -2.45. The maximum Gasteiger partial charge on any atom is 0.320 e. The van der Waals surface area contributed by atoms with E-state index < -0.39 is 18.5 Å². The number of alkyl halides is 1. The zero-order valence-corrected chi connectivity index (χ0v) is 24.6. The summed E-state index contributed by atoms with van der Waals surface area (Å²) in [6, 6.07) is -0.504. The van der Waals surface area contributed by atoms with Gasteiger partial charge in [0.15, 0.2) is 0 Å². The molecule has 228 valence electrons. The van der Waals surface area contributed by atoms with Crippen molar-refractivity contribution in [1.29, 1.82) is 0 Å². The zero-order chi connectivity index (χ0) is 29.0. The molecule has 0 saturated carbocycles. The van der Waals surface area contributed by atoms with Crippen LogP contribution in [0, 0.1) is 11.8 Å². The third-order valence-electron chi connectivity index (χ3n) is 9.81. The Bertz CT molecular complexity index is 1050. The molecule has 5 N–H and O–H groups in total. The molecule has 0 spiro atoms. The molecular weight excluding hydrogens is 529 g/mol. The molecule has 0 aliphatic carbocycles. The first-order chi connectivity index (χ1) is 19.7. The molecule has 6 rings (SSSR count). The van der Waals surface area contributed by atoms with Gasteiger partial charge < -0.3 is 30.6 Å². The Morgan fingerprint density at radius 2 is 1.95 bits per heavy atom. The van der Waals surface area contributed by atoms with Crippen LogP contribution in [-0.2, 0) is 9.53 Å². The number of nitrogens with one attached hydrogen (secondary N) is 5. The van der Waals surface area contributed by atoms with E-state index in [2.05, 4.69) is 52.2 Å². The molecule has 0 aromatic carbocycles. The van der Waals surface area contributed by atoms with Gasteiger partial charge in [-0.25, -0.2) is 9.18 Å². The number of hydrazine groups is 2. The second-order valence-electron chi connectivity index (χ2n) is 12.8. The number of nitrogens with zero attached hydrogens (tertiary/aromatic N) is 4. The summed E-state index contributed by atoms with van der Waals surface area (Å²) >= 11 is 0. The predicted octanol–water partition coefficient (Wildman–Crippen LogP) is 0.386. The molecule has 13 heteroatoms. The van der Waals surface area contributed by atoms with Gasteiger partial charge in [-0.1, -0.05) is 20.4 Å². The summed E-state index contributed by atoms with van der Waals surface area (Å²) in [4.78, 5) is 32.8. The van der Waals surface area contributed by atoms with Crippen molar-refractivity contribution in [1.82, 2.24) is 46.6 Å². The second kappa shape index (κ2) is 11.3. The van der Waals surface area contributed by atoms with Crippen molar-refractivity contribution < 1.29 is 18.7 Å². The Labute approximate surface area is 242 Å². The van der Waals surface area contributed by atoms with Crippen molar-refractivity contribution in [3.05, 3.63) is 24.6 Å². The molecule has 4 saturated heterocycles. The summed E-state index contributed by atoms with van der Waals surface area (Å²) in [5.41, 5.74) is 7.21. The van der Waals surface area contributed by atoms with Gasteiger partial charge in [0.2, 0.25) is 5.91 Å². The number of fused-ring (bicyclic) bond motifs is 5. The lowest BCUT2D eigenvalue weighted by molar-refractivity contribution is -0.139. The average molecular weight is 576 g/mol. The van der Waals surface area contributed by atoms with E-state index in [4.69, 9.17) is 4.74 Å². The highest BCUT2D eigenvalue weighted by Crippen LogP contribution is 2.38. The zero-order valence-electron chi connectivity index (χ0n) is 24.6. The molecule has 3 amide bonds. The van der Waals surface area contributed by atoms with Crippen molar-refractivity contribution in [2.45, 2.75) is 102 Å². The van der Waals surface area contributed by atoms with Crippen LogP contribution in [0.25, 0.3) is 0 Å². The van der Waals surface area contributed by atoms with Crippen LogP contribution in [0.2, 0.25) is 0 Å². The molecule has 41 heavy (non-hydrogen) atoms. The Morgan fingerprint density at radius 3 is 2.66 bits per heavy atom. The number of rotatable bonds is 3. The van der Waals surface area contributed by atoms with Crippen molar-refractivity contribution in [2.75, 3.05) is 26.2 Å². The van der Waals surface area contributed by atoms with Gasteiger partial charge in [0, 0.05) is 55.5 Å². The first kappa shape index (κ1) is 28.7. The SMILES string of the molecule is C=CC(=O)N1C(C)CN(C2NC(=O)N3C4NC(C(F)CC24)N2C=C(CCOC4CCNC(C(C)C)C43)NN2)CC1C. The van der Waals surface area contributed by atoms with Crippen LogP contribution in [0.5, 0.6) is 0 Å². The molecule has 12 nitrogen and oxygen atoms in total. The molecule has 0 aromatic rings. The maximum absolute atomic E-state index is 16.1. The van der Waals surface area contributed by atoms with Gasteiger partial charge in [-0.3, -0.25) is 20.0 Å². The van der Waals surface area contributed by atoms with Gasteiger partial charge >= 0.3 is 6.03 Å². The Balaban J connectivity index is 1.36. The van der Waals surface area contributed by atoms with Gasteiger partial charge in [0.1, 0.15) is 12.3 Å². The Kier molecular flexibility index (Phi) is 7.92. The third kappa shape index (κ3) is 5.09. The van der Waals surface area contributed by atoms with E-state index >= 15 is 4.39 Å². The third-order valence-corrected chi connectivity index (χ3v) is 9.81. The monoisotopic (exact) mass is 575 g/mol. The minimum atomic E-state index is -1.18. The number of piperidine rings is 2. The van der Waals surface area contributed by atoms with E-state index in [0.29, 0.717) is 26.1 Å². The van der Waals surface area contributed by atoms with Gasteiger partial charge in [-0.2, -0.15) is 0 Å². The normalized spacial score (nSPS) is 41.5. The fourth-order valence-corrected chi connectivity index (χ4v) is 8.06. The number of carbonyl (C=O) groups excluding carboxylic acids is 2. The number of hydrogen-bond donors (Lipinski definition) is 5. The van der Waals surface area contributed by atoms with Crippen LogP contribution in [0.15, 0.2) is 24.6 Å². The van der Waals surface area contributed by atoms with Gasteiger partial charge in [-0.05, 0) is 45.2 Å². The van der Waals surface area contributed by atoms with Crippen LogP contribution in [0.4, 0.5) is 9.18 Å². The highest BCUT2D eigenvalue weighted by atomic mass is 19.1. The molecular formula is C28H46FN9O3. The molecule has 0 aromatic heterocycles. The number of piperazine rings is 1. The lowest BCUT2D eigenvalue weighted by atomic mass is 9.81. The largest absolute Gasteiger partial charge is 0.376 e. The summed E-state index contributed by atoms with van der Waals surface area (Å²) in [5.74, 6) is -0.0550. The lowest BCUT2D eigenvalue weighted by Crippen LogP contribution is -2.80. The van der Waals surface area contributed by atoms with E-state index in [1.807, 2.05) is 29.8 Å². The topological polar surface area (TPSA) is 116 Å². The summed E-state index contributed by atoms with van der Waals surface area (Å²) in [6.45, 7) is 14.5. The van der Waals surface area contributed by atoms with Gasteiger partial charge in [-0.15, -0.1) is 5.53 Å². The molecule has 4 fully saturated rings. The van der Waals surface area contributed by atoms with Gasteiger partial charge in [0.25, 0.3) is 0 Å². The van der Waals surface area contributed by atoms with E-state index in [-0.39, 0.29) is 66.6 Å². The molecule has 6 aliphatic rings. The van der Waals surface area contributed by atoms with Crippen molar-refractivity contribution in [2.24, 2.45) is 11.8 Å². The molecule has 6 heterocycles. The van der Waals surface area contributed by atoms with Crippen LogP contribution in [-0.4, -0.2) is 113 Å². The maximum atomic E-state index is 16.1. The minimum absolute atomic E-state index is 0.0315. The number of halogens is 1. The first-order valence-electron chi connectivity index (χ1n) is 15.2. The van der Waals surface area contributed by atoms with E-state index in [1.165, 1.54) is 6.08 Å². The number of amides is 3. The number of carbonyl (C=O) groups is 2. The predicted molar refractivity (Wildman–Crippen MR) is 151 cm³/mol. The standard InChI is InChI=1S/C28H46FN9O3/c1-6-22(39)37-16(4)12-35(13-17(37)5)25-19-11-20(29)27-31-26(19)38(28(40)32-25)24-21(7-9-30-23(24)15(2)3)41-10-8-18-14-36(27)34-33-18/h6,14-17,19-21,23-27,30-31,33-34H,1,7-13H2,2-5H3,(H,32,40). The quantitative estimate of drug-likeness (QED) is 0.305. The second-order valence-corrected chi connectivity index (χ2v) is 12.8. The molecule has 10 atom stereocenters. The van der Waals surface area contributed by atoms with Crippen molar-refractivity contribution in [3.8, 4) is 0 Å². The summed E-state index contributed by atoms with van der Waals surface area (Å²) in [5, 5.41) is 12.3. The molecule has 6 aliphatic heterocycles. The van der Waals surface area contributed by atoms with Gasteiger partial charge in [0.05, 0.1) is 31.1 Å². The molecule has 0 radical (unpaired) electrons. The average Bonchev–Trinajstić information content (AvgIpc) is 3.40. The van der Waals surface area contributed by atoms with Crippen molar-refractivity contribution >= 4 is 11.9 Å². The highest BCUT2D eigenvalue weighted by molar-refractivity contribution is 5.87. The van der Waals surface area contributed by atoms with E-state index in [9.17, 15) is 9.59 Å². The summed E-state index contributed by atoms with van der Waals surface area (Å²) < 4.78 is 22.6. The molecule has 10 unspecified atom stereocenters. The summed E-state index contributed by atoms with van der Waals surface area (Å²) in [7, 11) is 0. The van der Waals surface area contributed by atoms with E-state index in [0.717, 1.165) is 18.7 Å². The number of ether oxygens (including phenoxy) is 1. The van der Waals surface area contributed by atoms with Crippen LogP contribution < -0.4 is 26.9 Å². The fraction of sp³-hybridized carbons (Fsp3) is 0.786. The first-order valence-corrected chi connectivity index (χ1v) is 15.2. The van der Waals surface area contributed by atoms with Crippen LogP contribution >= 0.6 is 0 Å². The molecule has 4 bridgehead atoms. The Morgan fingerprint density at radius 1 is 1.20 bits per heavy atom.